The van der Waals surface area contributed by atoms with E-state index in [1.54, 1.807) is 0 Å². The van der Waals surface area contributed by atoms with Crippen molar-refractivity contribution in [3.8, 4) is 22.9 Å². The number of benzene rings is 1. The molecule has 1 saturated heterocycles. The van der Waals surface area contributed by atoms with E-state index in [1.807, 2.05) is 6.07 Å². The Hall–Kier alpha value is -3.33. The van der Waals surface area contributed by atoms with Gasteiger partial charge in [0.1, 0.15) is 18.2 Å². The van der Waals surface area contributed by atoms with Crippen LogP contribution in [0.3, 0.4) is 0 Å². The van der Waals surface area contributed by atoms with Gasteiger partial charge < -0.3 is 9.64 Å². The van der Waals surface area contributed by atoms with Crippen molar-refractivity contribution in [3.05, 3.63) is 73.4 Å². The maximum absolute atomic E-state index is 13.8. The van der Waals surface area contributed by atoms with E-state index < -0.39 is 36.3 Å². The van der Waals surface area contributed by atoms with Crippen molar-refractivity contribution in [1.82, 2.24) is 14.1 Å². The molecule has 34 heavy (non-hydrogen) atoms. The van der Waals surface area contributed by atoms with Crippen LogP contribution in [0.25, 0.3) is 16.8 Å². The van der Waals surface area contributed by atoms with E-state index in [-0.39, 0.29) is 45.8 Å². The topological polar surface area (TPSA) is 93.2 Å². The van der Waals surface area contributed by atoms with Crippen molar-refractivity contribution in [2.45, 2.75) is 19.3 Å². The van der Waals surface area contributed by atoms with Crippen LogP contribution < -0.4 is 16.1 Å². The van der Waals surface area contributed by atoms with Crippen LogP contribution in [0.15, 0.2) is 46.2 Å². The Balaban J connectivity index is 2.01. The van der Waals surface area contributed by atoms with Crippen LogP contribution in [0.4, 0.5) is 19.0 Å². The summed E-state index contributed by atoms with van der Waals surface area (Å²) in [6, 6.07) is 6.74. The number of anilines is 1. The monoisotopic (exact) mass is 511 g/mol. The molecule has 1 aliphatic heterocycles. The van der Waals surface area contributed by atoms with Crippen molar-refractivity contribution in [2.75, 3.05) is 18.0 Å². The fraction of sp³-hybridized carbons (Fsp3) is 0.238. The summed E-state index contributed by atoms with van der Waals surface area (Å²) in [5.41, 5.74) is -1.59. The summed E-state index contributed by atoms with van der Waals surface area (Å²) in [6.07, 6.45) is 1.69. The molecule has 0 unspecified atom stereocenters. The Morgan fingerprint density at radius 1 is 1.21 bits per heavy atom. The van der Waals surface area contributed by atoms with Gasteiger partial charge in [0.25, 0.3) is 5.56 Å². The summed E-state index contributed by atoms with van der Waals surface area (Å²) in [4.78, 5) is 32.4. The van der Waals surface area contributed by atoms with Gasteiger partial charge in [-0.1, -0.05) is 29.3 Å². The van der Waals surface area contributed by atoms with E-state index in [9.17, 15) is 28.0 Å². The molecule has 1 fully saturated rings. The Morgan fingerprint density at radius 3 is 2.56 bits per heavy atom. The van der Waals surface area contributed by atoms with Crippen LogP contribution in [0.1, 0.15) is 0 Å². The van der Waals surface area contributed by atoms with Gasteiger partial charge in [0.05, 0.1) is 39.7 Å². The zero-order valence-corrected chi connectivity index (χ0v) is 18.6. The van der Waals surface area contributed by atoms with Crippen molar-refractivity contribution in [1.29, 1.82) is 5.26 Å². The van der Waals surface area contributed by atoms with Crippen LogP contribution >= 0.6 is 23.2 Å². The molecular formula is C21H14Cl2F3N5O3. The molecule has 13 heteroatoms. The average Bonchev–Trinajstić information content (AvgIpc) is 2.75. The molecule has 0 aliphatic carbocycles. The Kier molecular flexibility index (Phi) is 6.65. The lowest BCUT2D eigenvalue weighted by Gasteiger charge is -2.41. The molecule has 0 spiro atoms. The van der Waals surface area contributed by atoms with E-state index in [0.717, 1.165) is 15.2 Å². The second-order valence-corrected chi connectivity index (χ2v) is 8.12. The molecule has 0 atom stereocenters. The smallest absolute Gasteiger partial charge is 0.345 e. The van der Waals surface area contributed by atoms with Crippen LogP contribution in [-0.4, -0.2) is 39.9 Å². The predicted molar refractivity (Wildman–Crippen MR) is 118 cm³/mol. The fourth-order valence-electron chi connectivity index (χ4n) is 3.68. The van der Waals surface area contributed by atoms with E-state index in [4.69, 9.17) is 23.2 Å². The molecule has 0 radical (unpaired) electrons. The number of alkyl halides is 2. The molecule has 3 heterocycles. The fourth-order valence-corrected chi connectivity index (χ4v) is 4.03. The summed E-state index contributed by atoms with van der Waals surface area (Å²) in [7, 11) is 0. The second kappa shape index (κ2) is 9.50. The molecular weight excluding hydrogens is 498 g/mol. The number of hydrogen-bond acceptors (Lipinski definition) is 6. The van der Waals surface area contributed by atoms with Crippen LogP contribution in [0.2, 0.25) is 10.0 Å². The van der Waals surface area contributed by atoms with Gasteiger partial charge in [0.2, 0.25) is 0 Å². The van der Waals surface area contributed by atoms with Crippen LogP contribution in [0, 0.1) is 17.1 Å². The third-order valence-electron chi connectivity index (χ3n) is 5.15. The van der Waals surface area contributed by atoms with Crippen LogP contribution in [0.5, 0.6) is 0 Å². The third-order valence-corrected chi connectivity index (χ3v) is 5.64. The highest BCUT2D eigenvalue weighted by Gasteiger charge is 2.35. The number of nitrogens with zero attached hydrogens (tertiary/aromatic N) is 5. The minimum absolute atomic E-state index is 0.000390. The molecule has 2 aromatic heterocycles. The van der Waals surface area contributed by atoms with Crippen molar-refractivity contribution in [3.63, 3.8) is 0 Å². The SMILES string of the molecule is N#CCn1c(N2CC(OC(F)F)C2)c(-c2ccc(F)c(Cl)c2)c(=O)n(-c2cncc(Cl)c2)c1=O. The largest absolute Gasteiger partial charge is 0.352 e. The Labute approximate surface area is 200 Å². The Bertz CT molecular complexity index is 1410. The number of nitriles is 1. The maximum Gasteiger partial charge on any atom is 0.345 e. The number of rotatable bonds is 6. The first kappa shape index (κ1) is 23.8. The van der Waals surface area contributed by atoms with Gasteiger partial charge in [0, 0.05) is 19.3 Å². The first-order chi connectivity index (χ1) is 16.2. The van der Waals surface area contributed by atoms with Gasteiger partial charge in [-0.3, -0.25) is 14.3 Å². The first-order valence-electron chi connectivity index (χ1n) is 9.73. The van der Waals surface area contributed by atoms with Crippen molar-refractivity contribution < 1.29 is 17.9 Å². The molecule has 176 valence electrons. The molecule has 0 saturated carbocycles. The number of ether oxygens (including phenoxy) is 1. The summed E-state index contributed by atoms with van der Waals surface area (Å²) >= 11 is 11.9. The van der Waals surface area contributed by atoms with Gasteiger partial charge in [-0.25, -0.2) is 13.8 Å². The molecule has 1 aromatic carbocycles. The quantitative estimate of drug-likeness (QED) is 0.503. The molecule has 0 N–H and O–H groups in total. The molecule has 4 rings (SSSR count). The van der Waals surface area contributed by atoms with E-state index in [2.05, 4.69) is 9.72 Å². The highest BCUT2D eigenvalue weighted by atomic mass is 35.5. The lowest BCUT2D eigenvalue weighted by atomic mass is 10.0. The minimum Gasteiger partial charge on any atom is -0.352 e. The number of pyridine rings is 1. The van der Waals surface area contributed by atoms with E-state index >= 15 is 0 Å². The highest BCUT2D eigenvalue weighted by Crippen LogP contribution is 2.33. The number of halogens is 5. The number of hydrogen-bond donors (Lipinski definition) is 0. The van der Waals surface area contributed by atoms with Crippen molar-refractivity contribution in [2.24, 2.45) is 0 Å². The second-order valence-electron chi connectivity index (χ2n) is 7.28. The molecule has 0 amide bonds. The zero-order valence-electron chi connectivity index (χ0n) is 17.1. The molecule has 3 aromatic rings. The summed E-state index contributed by atoms with van der Waals surface area (Å²) < 4.78 is 45.3. The maximum atomic E-state index is 13.8. The van der Waals surface area contributed by atoms with Gasteiger partial charge in [-0.05, 0) is 23.8 Å². The van der Waals surface area contributed by atoms with E-state index in [1.165, 1.54) is 35.5 Å². The van der Waals surface area contributed by atoms with Gasteiger partial charge in [-0.15, -0.1) is 0 Å². The first-order valence-corrected chi connectivity index (χ1v) is 10.5. The van der Waals surface area contributed by atoms with Crippen molar-refractivity contribution >= 4 is 29.0 Å². The normalized spacial score (nSPS) is 13.7. The van der Waals surface area contributed by atoms with Gasteiger partial charge in [0.15, 0.2) is 0 Å². The number of aromatic nitrogens is 3. The van der Waals surface area contributed by atoms with E-state index in [0.29, 0.717) is 0 Å². The predicted octanol–water partition coefficient (Wildman–Crippen LogP) is 3.46. The molecule has 0 bridgehead atoms. The van der Waals surface area contributed by atoms with Gasteiger partial charge >= 0.3 is 12.3 Å². The molecule has 8 nitrogen and oxygen atoms in total. The standard InChI is InChI=1S/C21H14Cl2F3N5O3/c22-12-6-13(8-28-7-12)31-19(32)17(11-1-2-16(24)15(23)5-11)18(30(4-3-27)21(31)33)29-9-14(10-29)34-20(25)26/h1-2,5-8,14,20H,4,9-10H2. The molecule has 1 aliphatic rings. The minimum atomic E-state index is -2.99. The lowest BCUT2D eigenvalue weighted by Crippen LogP contribution is -2.56. The van der Waals surface area contributed by atoms with Crippen LogP contribution in [-0.2, 0) is 11.3 Å². The van der Waals surface area contributed by atoms with Gasteiger partial charge in [-0.2, -0.15) is 14.0 Å². The zero-order chi connectivity index (χ0) is 24.6. The lowest BCUT2D eigenvalue weighted by molar-refractivity contribution is -0.167. The highest BCUT2D eigenvalue weighted by molar-refractivity contribution is 6.31. The third kappa shape index (κ3) is 4.40. The summed E-state index contributed by atoms with van der Waals surface area (Å²) in [6.45, 7) is -3.60. The Morgan fingerprint density at radius 2 is 1.94 bits per heavy atom. The average molecular weight is 512 g/mol. The summed E-state index contributed by atoms with van der Waals surface area (Å²) in [5.74, 6) is -0.731. The summed E-state index contributed by atoms with van der Waals surface area (Å²) in [5, 5.41) is 9.26.